The molecule has 17 heavy (non-hydrogen) atoms. The van der Waals surface area contributed by atoms with Crippen molar-refractivity contribution >= 4 is 5.91 Å². The smallest absolute Gasteiger partial charge is 0.239 e. The molecule has 2 aliphatic heterocycles. The number of nitrogens with zero attached hydrogens (tertiary/aromatic N) is 1. The van der Waals surface area contributed by atoms with Gasteiger partial charge in [0, 0.05) is 32.2 Å². The lowest BCUT2D eigenvalue weighted by molar-refractivity contribution is -0.128. The van der Waals surface area contributed by atoms with Gasteiger partial charge in [-0.15, -0.1) is 0 Å². The van der Waals surface area contributed by atoms with E-state index in [1.165, 1.54) is 25.7 Å². The molecular weight excluding hydrogens is 216 g/mol. The van der Waals surface area contributed by atoms with Gasteiger partial charge in [0.15, 0.2) is 0 Å². The third kappa shape index (κ3) is 2.08. The van der Waals surface area contributed by atoms with Crippen LogP contribution in [0.3, 0.4) is 0 Å². The fraction of sp³-hybridized carbons (Fsp3) is 0.923. The van der Waals surface area contributed by atoms with Gasteiger partial charge in [-0.05, 0) is 32.1 Å². The normalized spacial score (nSPS) is 41.9. The summed E-state index contributed by atoms with van der Waals surface area (Å²) in [5, 5.41) is 3.60. The number of amides is 1. The van der Waals surface area contributed by atoms with Crippen LogP contribution in [0.2, 0.25) is 0 Å². The molecule has 4 atom stereocenters. The minimum Gasteiger partial charge on any atom is -0.378 e. The molecule has 0 aromatic rings. The minimum atomic E-state index is 0.0596. The van der Waals surface area contributed by atoms with Gasteiger partial charge in [0.05, 0.1) is 12.1 Å². The fourth-order valence-corrected chi connectivity index (χ4v) is 3.62. The zero-order valence-electron chi connectivity index (χ0n) is 10.5. The molecule has 1 N–H and O–H groups in total. The molecule has 0 bridgehead atoms. The van der Waals surface area contributed by atoms with Crippen LogP contribution in [0, 0.1) is 5.92 Å². The zero-order chi connectivity index (χ0) is 11.8. The summed E-state index contributed by atoms with van der Waals surface area (Å²) in [6.07, 6.45) is 6.23. The Morgan fingerprint density at radius 2 is 2.18 bits per heavy atom. The summed E-state index contributed by atoms with van der Waals surface area (Å²) >= 11 is 0. The summed E-state index contributed by atoms with van der Waals surface area (Å²) in [5.74, 6) is 0.911. The maximum absolute atomic E-state index is 11.9. The van der Waals surface area contributed by atoms with Gasteiger partial charge in [-0.1, -0.05) is 0 Å². The zero-order valence-corrected chi connectivity index (χ0v) is 10.5. The van der Waals surface area contributed by atoms with Gasteiger partial charge in [0.25, 0.3) is 0 Å². The second kappa shape index (κ2) is 4.58. The van der Waals surface area contributed by atoms with Gasteiger partial charge in [-0.25, -0.2) is 0 Å². The number of carbonyl (C=O) groups is 1. The van der Waals surface area contributed by atoms with E-state index < -0.39 is 0 Å². The average molecular weight is 238 g/mol. The highest BCUT2D eigenvalue weighted by molar-refractivity contribution is 5.83. The Labute approximate surface area is 103 Å². The number of fused-ring (bicyclic) bond motifs is 1. The number of nitrogens with one attached hydrogen (secondary N) is 1. The third-order valence-corrected chi connectivity index (χ3v) is 4.62. The van der Waals surface area contributed by atoms with Crippen molar-refractivity contribution in [2.45, 2.75) is 50.3 Å². The van der Waals surface area contributed by atoms with E-state index in [2.05, 4.69) is 5.32 Å². The maximum atomic E-state index is 11.9. The molecule has 2 heterocycles. The summed E-state index contributed by atoms with van der Waals surface area (Å²) in [6, 6.07) is 0.557. The Hall–Kier alpha value is -0.610. The summed E-state index contributed by atoms with van der Waals surface area (Å²) in [6.45, 7) is 1.81. The quantitative estimate of drug-likeness (QED) is 0.772. The second-order valence-corrected chi connectivity index (χ2v) is 5.67. The van der Waals surface area contributed by atoms with E-state index in [-0.39, 0.29) is 11.9 Å². The Kier molecular flexibility index (Phi) is 3.09. The minimum absolute atomic E-state index is 0.0596. The number of ether oxygens (including phenoxy) is 1. The van der Waals surface area contributed by atoms with Crippen molar-refractivity contribution in [3.8, 4) is 0 Å². The first-order valence-corrected chi connectivity index (χ1v) is 6.88. The van der Waals surface area contributed by atoms with E-state index >= 15 is 0 Å². The number of likely N-dealkylation sites (N-methyl/N-ethyl adjacent to an activating group) is 1. The van der Waals surface area contributed by atoms with Crippen molar-refractivity contribution in [1.29, 1.82) is 0 Å². The van der Waals surface area contributed by atoms with Crippen LogP contribution >= 0.6 is 0 Å². The topological polar surface area (TPSA) is 41.6 Å². The van der Waals surface area contributed by atoms with E-state index in [0.29, 0.717) is 18.1 Å². The molecule has 1 saturated carbocycles. The standard InChI is InChI=1S/C13H22N2O2/c1-15-7-5-11(13(15)16)14-10-3-2-4-12-9(10)6-8-17-12/h9-12,14H,2-8H2,1H3. The van der Waals surface area contributed by atoms with Crippen LogP contribution in [-0.4, -0.2) is 49.2 Å². The lowest BCUT2D eigenvalue weighted by Crippen LogP contribution is -2.49. The fourth-order valence-electron chi connectivity index (χ4n) is 3.62. The van der Waals surface area contributed by atoms with E-state index in [9.17, 15) is 4.79 Å². The second-order valence-electron chi connectivity index (χ2n) is 5.67. The molecule has 96 valence electrons. The van der Waals surface area contributed by atoms with Gasteiger partial charge >= 0.3 is 0 Å². The van der Waals surface area contributed by atoms with Crippen LogP contribution in [0.5, 0.6) is 0 Å². The van der Waals surface area contributed by atoms with Crippen LogP contribution in [0.25, 0.3) is 0 Å². The van der Waals surface area contributed by atoms with E-state index in [4.69, 9.17) is 4.74 Å². The van der Waals surface area contributed by atoms with Crippen molar-refractivity contribution < 1.29 is 9.53 Å². The highest BCUT2D eigenvalue weighted by Crippen LogP contribution is 2.34. The molecule has 3 aliphatic rings. The molecular formula is C13H22N2O2. The average Bonchev–Trinajstić information content (AvgIpc) is 2.91. The third-order valence-electron chi connectivity index (χ3n) is 4.62. The molecule has 1 aliphatic carbocycles. The molecule has 0 aromatic heterocycles. The van der Waals surface area contributed by atoms with Crippen LogP contribution in [-0.2, 0) is 9.53 Å². The molecule has 1 amide bonds. The first-order chi connectivity index (χ1) is 8.25. The monoisotopic (exact) mass is 238 g/mol. The Morgan fingerprint density at radius 3 is 2.94 bits per heavy atom. The Balaban J connectivity index is 1.62. The Morgan fingerprint density at radius 1 is 1.29 bits per heavy atom. The largest absolute Gasteiger partial charge is 0.378 e. The number of carbonyl (C=O) groups excluding carboxylic acids is 1. The predicted molar refractivity (Wildman–Crippen MR) is 64.7 cm³/mol. The van der Waals surface area contributed by atoms with Crippen LogP contribution in [0.1, 0.15) is 32.1 Å². The number of rotatable bonds is 2. The molecule has 4 unspecified atom stereocenters. The molecule has 4 heteroatoms. The summed E-state index contributed by atoms with van der Waals surface area (Å²) in [5.41, 5.74) is 0. The molecule has 3 rings (SSSR count). The predicted octanol–water partition coefficient (Wildman–Crippen LogP) is 0.764. The maximum Gasteiger partial charge on any atom is 0.239 e. The van der Waals surface area contributed by atoms with Gasteiger partial charge < -0.3 is 15.0 Å². The molecule has 0 radical (unpaired) electrons. The first-order valence-electron chi connectivity index (χ1n) is 6.88. The molecule has 2 saturated heterocycles. The highest BCUT2D eigenvalue weighted by atomic mass is 16.5. The van der Waals surface area contributed by atoms with Crippen molar-refractivity contribution in [3.05, 3.63) is 0 Å². The SMILES string of the molecule is CN1CCC(NC2CCCC3OCCC23)C1=O. The summed E-state index contributed by atoms with van der Waals surface area (Å²) < 4.78 is 5.76. The van der Waals surface area contributed by atoms with Gasteiger partial charge in [-0.2, -0.15) is 0 Å². The van der Waals surface area contributed by atoms with Crippen LogP contribution in [0.4, 0.5) is 0 Å². The van der Waals surface area contributed by atoms with Crippen molar-refractivity contribution in [2.75, 3.05) is 20.2 Å². The molecule has 0 aromatic carbocycles. The van der Waals surface area contributed by atoms with Gasteiger partial charge in [0.1, 0.15) is 0 Å². The lowest BCUT2D eigenvalue weighted by atomic mass is 9.81. The van der Waals surface area contributed by atoms with Crippen molar-refractivity contribution in [2.24, 2.45) is 5.92 Å². The van der Waals surface area contributed by atoms with Crippen molar-refractivity contribution in [1.82, 2.24) is 10.2 Å². The summed E-state index contributed by atoms with van der Waals surface area (Å²) in [4.78, 5) is 13.7. The Bertz CT molecular complexity index is 308. The van der Waals surface area contributed by atoms with E-state index in [1.807, 2.05) is 11.9 Å². The van der Waals surface area contributed by atoms with Crippen LogP contribution in [0.15, 0.2) is 0 Å². The molecule has 3 fully saturated rings. The van der Waals surface area contributed by atoms with Gasteiger partial charge in [-0.3, -0.25) is 4.79 Å². The summed E-state index contributed by atoms with van der Waals surface area (Å²) in [7, 11) is 1.90. The molecule has 0 spiro atoms. The lowest BCUT2D eigenvalue weighted by Gasteiger charge is -2.34. The van der Waals surface area contributed by atoms with E-state index in [1.54, 1.807) is 0 Å². The highest BCUT2D eigenvalue weighted by Gasteiger charge is 2.40. The van der Waals surface area contributed by atoms with Crippen LogP contribution < -0.4 is 5.32 Å². The molecule has 4 nitrogen and oxygen atoms in total. The van der Waals surface area contributed by atoms with E-state index in [0.717, 1.165) is 19.6 Å². The first kappa shape index (κ1) is 11.5. The number of hydrogen-bond acceptors (Lipinski definition) is 3. The van der Waals surface area contributed by atoms with Crippen molar-refractivity contribution in [3.63, 3.8) is 0 Å². The number of likely N-dealkylation sites (tertiary alicyclic amines) is 1. The van der Waals surface area contributed by atoms with Gasteiger partial charge in [0.2, 0.25) is 5.91 Å². The number of hydrogen-bond donors (Lipinski definition) is 1.